The van der Waals surface area contributed by atoms with Crippen molar-refractivity contribution in [3.8, 4) is 0 Å². The maximum Gasteiger partial charge on any atom is 0.304 e. The van der Waals surface area contributed by atoms with Crippen LogP contribution < -0.4 is 5.32 Å². The lowest BCUT2D eigenvalue weighted by molar-refractivity contribution is -0.137. The van der Waals surface area contributed by atoms with Crippen LogP contribution in [0.25, 0.3) is 0 Å². The van der Waals surface area contributed by atoms with Gasteiger partial charge in [0, 0.05) is 17.5 Å². The molecule has 0 fully saturated rings. The first-order valence-electron chi connectivity index (χ1n) is 6.66. The van der Waals surface area contributed by atoms with Gasteiger partial charge in [-0.2, -0.15) is 0 Å². The second-order valence-corrected chi connectivity index (χ2v) is 5.98. The number of rotatable bonds is 7. The zero-order valence-corrected chi connectivity index (χ0v) is 12.3. The van der Waals surface area contributed by atoms with Gasteiger partial charge < -0.3 is 10.4 Å². The Bertz CT molecular complexity index is 534. The summed E-state index contributed by atoms with van der Waals surface area (Å²) in [4.78, 5) is 12.2. The molecule has 20 heavy (non-hydrogen) atoms. The molecule has 2 rings (SSSR count). The molecule has 0 radical (unpaired) electrons. The molecule has 0 saturated heterocycles. The van der Waals surface area contributed by atoms with Crippen molar-refractivity contribution < 1.29 is 9.90 Å². The maximum atomic E-state index is 11.0. The van der Waals surface area contributed by atoms with Crippen LogP contribution in [0.4, 0.5) is 0 Å². The summed E-state index contributed by atoms with van der Waals surface area (Å²) in [6.45, 7) is 2.75. The summed E-state index contributed by atoms with van der Waals surface area (Å²) in [5, 5.41) is 14.4. The summed E-state index contributed by atoms with van der Waals surface area (Å²) < 4.78 is 0. The van der Waals surface area contributed by atoms with Crippen LogP contribution in [0, 0.1) is 6.92 Å². The smallest absolute Gasteiger partial charge is 0.304 e. The van der Waals surface area contributed by atoms with E-state index in [9.17, 15) is 4.79 Å². The highest BCUT2D eigenvalue weighted by Crippen LogP contribution is 2.13. The largest absolute Gasteiger partial charge is 0.481 e. The fourth-order valence-corrected chi connectivity index (χ4v) is 2.85. The minimum Gasteiger partial charge on any atom is -0.481 e. The topological polar surface area (TPSA) is 49.3 Å². The van der Waals surface area contributed by atoms with Crippen LogP contribution in [-0.2, 0) is 17.8 Å². The lowest BCUT2D eigenvalue weighted by Crippen LogP contribution is -2.32. The minimum atomic E-state index is -0.761. The molecule has 3 nitrogen and oxygen atoms in total. The van der Waals surface area contributed by atoms with Crippen molar-refractivity contribution in [2.45, 2.75) is 32.4 Å². The Kier molecular flexibility index (Phi) is 5.32. The molecule has 106 valence electrons. The summed E-state index contributed by atoms with van der Waals surface area (Å²) in [5.74, 6) is -0.761. The number of aryl methyl sites for hydroxylation is 1. The fraction of sp³-hybridized carbons (Fsp3) is 0.312. The first-order valence-corrected chi connectivity index (χ1v) is 7.54. The van der Waals surface area contributed by atoms with E-state index in [-0.39, 0.29) is 12.5 Å². The van der Waals surface area contributed by atoms with Crippen molar-refractivity contribution in [2.24, 2.45) is 0 Å². The minimum absolute atomic E-state index is 0.0348. The average Bonchev–Trinajstić information content (AvgIpc) is 2.90. The number of thiophene rings is 1. The third-order valence-electron chi connectivity index (χ3n) is 3.16. The monoisotopic (exact) mass is 289 g/mol. The molecular weight excluding hydrogens is 270 g/mol. The predicted octanol–water partition coefficient (Wildman–Crippen LogP) is 3.23. The molecule has 0 aliphatic rings. The standard InChI is InChI=1S/C16H19NO2S/c1-12-4-6-13(7-5-12)11-17-14(10-16(18)19)9-15-3-2-8-20-15/h2-8,14,17H,9-11H2,1H3,(H,18,19). The van der Waals surface area contributed by atoms with Crippen LogP contribution in [0.2, 0.25) is 0 Å². The molecule has 1 heterocycles. The molecule has 1 aromatic carbocycles. The predicted molar refractivity (Wildman–Crippen MR) is 82.1 cm³/mol. The van der Waals surface area contributed by atoms with Gasteiger partial charge in [-0.15, -0.1) is 11.3 Å². The van der Waals surface area contributed by atoms with Gasteiger partial charge in [-0.1, -0.05) is 35.9 Å². The van der Waals surface area contributed by atoms with E-state index in [1.54, 1.807) is 11.3 Å². The summed E-state index contributed by atoms with van der Waals surface area (Å²) in [6, 6.07) is 12.3. The van der Waals surface area contributed by atoms with Gasteiger partial charge in [0.05, 0.1) is 6.42 Å². The summed E-state index contributed by atoms with van der Waals surface area (Å²) in [6.07, 6.45) is 0.902. The van der Waals surface area contributed by atoms with Crippen LogP contribution >= 0.6 is 11.3 Å². The van der Waals surface area contributed by atoms with E-state index in [1.165, 1.54) is 16.0 Å². The van der Waals surface area contributed by atoms with Crippen molar-refractivity contribution >= 4 is 17.3 Å². The number of hydrogen-bond acceptors (Lipinski definition) is 3. The SMILES string of the molecule is Cc1ccc(CNC(CC(=O)O)Cc2cccs2)cc1. The lowest BCUT2D eigenvalue weighted by Gasteiger charge is -2.16. The third kappa shape index (κ3) is 4.79. The number of hydrogen-bond donors (Lipinski definition) is 2. The number of carboxylic acids is 1. The number of nitrogens with one attached hydrogen (secondary N) is 1. The van der Waals surface area contributed by atoms with Gasteiger partial charge in [-0.25, -0.2) is 0 Å². The third-order valence-corrected chi connectivity index (χ3v) is 4.06. The van der Waals surface area contributed by atoms with Gasteiger partial charge in [0.25, 0.3) is 0 Å². The Morgan fingerprint density at radius 3 is 2.65 bits per heavy atom. The van der Waals surface area contributed by atoms with Crippen LogP contribution in [0.15, 0.2) is 41.8 Å². The van der Waals surface area contributed by atoms with Gasteiger partial charge in [-0.05, 0) is 30.4 Å². The number of benzene rings is 1. The summed E-state index contributed by atoms with van der Waals surface area (Å²) in [5.41, 5.74) is 2.41. The van der Waals surface area contributed by atoms with E-state index in [0.717, 1.165) is 6.42 Å². The van der Waals surface area contributed by atoms with Crippen LogP contribution in [0.3, 0.4) is 0 Å². The molecule has 0 aliphatic heterocycles. The van der Waals surface area contributed by atoms with Gasteiger partial charge >= 0.3 is 5.97 Å². The van der Waals surface area contributed by atoms with E-state index in [0.29, 0.717) is 6.54 Å². The van der Waals surface area contributed by atoms with E-state index in [4.69, 9.17) is 5.11 Å². The Balaban J connectivity index is 1.93. The quantitative estimate of drug-likeness (QED) is 0.822. The zero-order chi connectivity index (χ0) is 14.4. The van der Waals surface area contributed by atoms with E-state index < -0.39 is 5.97 Å². The number of carboxylic acid groups (broad SMARTS) is 1. The Labute approximate surface area is 123 Å². The van der Waals surface area contributed by atoms with Gasteiger partial charge in [0.15, 0.2) is 0 Å². The molecule has 1 aromatic heterocycles. The van der Waals surface area contributed by atoms with Crippen molar-refractivity contribution in [3.05, 3.63) is 57.8 Å². The number of carbonyl (C=O) groups is 1. The molecule has 4 heteroatoms. The van der Waals surface area contributed by atoms with Crippen molar-refractivity contribution in [2.75, 3.05) is 0 Å². The second-order valence-electron chi connectivity index (χ2n) is 4.94. The highest BCUT2D eigenvalue weighted by molar-refractivity contribution is 7.09. The van der Waals surface area contributed by atoms with Gasteiger partial charge in [0.1, 0.15) is 0 Å². The van der Waals surface area contributed by atoms with Crippen LogP contribution in [-0.4, -0.2) is 17.1 Å². The summed E-state index contributed by atoms with van der Waals surface area (Å²) in [7, 11) is 0. The maximum absolute atomic E-state index is 11.0. The van der Waals surface area contributed by atoms with Crippen molar-refractivity contribution in [1.82, 2.24) is 5.32 Å². The molecule has 1 unspecified atom stereocenters. The molecular formula is C16H19NO2S. The Morgan fingerprint density at radius 1 is 1.30 bits per heavy atom. The Hall–Kier alpha value is -1.65. The van der Waals surface area contributed by atoms with Crippen LogP contribution in [0.1, 0.15) is 22.4 Å². The van der Waals surface area contributed by atoms with E-state index >= 15 is 0 Å². The molecule has 0 amide bonds. The molecule has 1 atom stereocenters. The Morgan fingerprint density at radius 2 is 2.05 bits per heavy atom. The average molecular weight is 289 g/mol. The first-order chi connectivity index (χ1) is 9.63. The highest BCUT2D eigenvalue weighted by Gasteiger charge is 2.14. The molecule has 2 N–H and O–H groups in total. The summed E-state index contributed by atoms with van der Waals surface area (Å²) >= 11 is 1.67. The van der Waals surface area contributed by atoms with E-state index in [2.05, 4.69) is 36.5 Å². The highest BCUT2D eigenvalue weighted by atomic mass is 32.1. The van der Waals surface area contributed by atoms with Crippen molar-refractivity contribution in [1.29, 1.82) is 0 Å². The van der Waals surface area contributed by atoms with Crippen LogP contribution in [0.5, 0.6) is 0 Å². The molecule has 0 saturated carbocycles. The van der Waals surface area contributed by atoms with Crippen molar-refractivity contribution in [3.63, 3.8) is 0 Å². The molecule has 2 aromatic rings. The molecule has 0 spiro atoms. The first kappa shape index (κ1) is 14.8. The van der Waals surface area contributed by atoms with Gasteiger partial charge in [0.2, 0.25) is 0 Å². The zero-order valence-electron chi connectivity index (χ0n) is 11.5. The molecule has 0 aliphatic carbocycles. The van der Waals surface area contributed by atoms with E-state index in [1.807, 2.05) is 17.5 Å². The normalized spacial score (nSPS) is 12.2. The fourth-order valence-electron chi connectivity index (χ4n) is 2.07. The number of aliphatic carboxylic acids is 1. The second kappa shape index (κ2) is 7.22. The molecule has 0 bridgehead atoms. The van der Waals surface area contributed by atoms with Gasteiger partial charge in [-0.3, -0.25) is 4.79 Å². The lowest BCUT2D eigenvalue weighted by atomic mass is 10.1.